The molecule has 0 saturated carbocycles. The highest BCUT2D eigenvalue weighted by atomic mass is 35.5. The van der Waals surface area contributed by atoms with Crippen LogP contribution < -0.4 is 4.72 Å². The van der Waals surface area contributed by atoms with Gasteiger partial charge in [0.25, 0.3) is 0 Å². The highest BCUT2D eigenvalue weighted by molar-refractivity contribution is 7.89. The van der Waals surface area contributed by atoms with Crippen LogP contribution in [0.15, 0.2) is 47.4 Å². The summed E-state index contributed by atoms with van der Waals surface area (Å²) in [5.41, 5.74) is -0.832. The van der Waals surface area contributed by atoms with E-state index < -0.39 is 32.7 Å². The highest BCUT2D eigenvalue weighted by Crippen LogP contribution is 2.35. The molecule has 2 aromatic rings. The van der Waals surface area contributed by atoms with Crippen LogP contribution in [-0.4, -0.2) is 8.42 Å². The van der Waals surface area contributed by atoms with Crippen molar-refractivity contribution < 1.29 is 21.6 Å². The maximum absolute atomic E-state index is 13.0. The molecule has 0 spiro atoms. The minimum absolute atomic E-state index is 0.210. The van der Waals surface area contributed by atoms with Crippen LogP contribution in [-0.2, 0) is 16.2 Å². The van der Waals surface area contributed by atoms with E-state index in [1.165, 1.54) is 31.2 Å². The monoisotopic (exact) mass is 397 g/mol. The van der Waals surface area contributed by atoms with Crippen molar-refractivity contribution in [3.63, 3.8) is 0 Å². The third-order valence-corrected chi connectivity index (χ3v) is 5.40. The first kappa shape index (κ1) is 19.1. The van der Waals surface area contributed by atoms with Crippen LogP contribution in [0, 0.1) is 0 Å². The molecule has 2 aromatic carbocycles. The smallest absolute Gasteiger partial charge is 0.207 e. The first-order chi connectivity index (χ1) is 11.0. The molecule has 0 aromatic heterocycles. The Morgan fingerprint density at radius 1 is 1.08 bits per heavy atom. The maximum Gasteiger partial charge on any atom is 0.417 e. The SMILES string of the molecule is C[C@@H](NS(=O)(=O)c1ccccc1C(F)(F)F)c1ccc(Cl)cc1Cl. The van der Waals surface area contributed by atoms with Crippen molar-refractivity contribution in [1.29, 1.82) is 0 Å². The van der Waals surface area contributed by atoms with Crippen molar-refractivity contribution in [3.8, 4) is 0 Å². The molecule has 3 nitrogen and oxygen atoms in total. The summed E-state index contributed by atoms with van der Waals surface area (Å²) in [5, 5.41) is 0.572. The number of sulfonamides is 1. The number of rotatable bonds is 4. The number of halogens is 5. The Balaban J connectivity index is 2.39. The third-order valence-electron chi connectivity index (χ3n) is 3.24. The van der Waals surface area contributed by atoms with Crippen LogP contribution in [0.25, 0.3) is 0 Å². The topological polar surface area (TPSA) is 46.2 Å². The zero-order chi connectivity index (χ0) is 18.1. The van der Waals surface area contributed by atoms with Crippen LogP contribution in [0.3, 0.4) is 0 Å². The van der Waals surface area contributed by atoms with Gasteiger partial charge in [0.05, 0.1) is 10.5 Å². The minimum atomic E-state index is -4.79. The van der Waals surface area contributed by atoms with E-state index >= 15 is 0 Å². The van der Waals surface area contributed by atoms with Gasteiger partial charge in [0.2, 0.25) is 10.0 Å². The Morgan fingerprint density at radius 2 is 1.71 bits per heavy atom. The lowest BCUT2D eigenvalue weighted by molar-refractivity contribution is -0.139. The van der Waals surface area contributed by atoms with Gasteiger partial charge >= 0.3 is 6.18 Å². The van der Waals surface area contributed by atoms with E-state index in [1.54, 1.807) is 0 Å². The van der Waals surface area contributed by atoms with Crippen molar-refractivity contribution in [2.75, 3.05) is 0 Å². The number of nitrogens with one attached hydrogen (secondary N) is 1. The van der Waals surface area contributed by atoms with Crippen molar-refractivity contribution in [2.45, 2.75) is 24.0 Å². The van der Waals surface area contributed by atoms with Crippen LogP contribution in [0.4, 0.5) is 13.2 Å². The molecule has 0 amide bonds. The molecule has 0 heterocycles. The van der Waals surface area contributed by atoms with Crippen LogP contribution >= 0.6 is 23.2 Å². The second kappa shape index (κ2) is 6.92. The standard InChI is InChI=1S/C15H12Cl2F3NO2S/c1-9(11-7-6-10(16)8-13(11)17)21-24(22,23)14-5-3-2-4-12(14)15(18,19)20/h2-9,21H,1H3/t9-/m1/s1. The first-order valence-corrected chi connectivity index (χ1v) is 8.90. The van der Waals surface area contributed by atoms with Gasteiger partial charge in [-0.25, -0.2) is 13.1 Å². The van der Waals surface area contributed by atoms with Gasteiger partial charge in [0.15, 0.2) is 0 Å². The molecule has 1 N–H and O–H groups in total. The Bertz CT molecular complexity index is 854. The van der Waals surface area contributed by atoms with Gasteiger partial charge in [0, 0.05) is 16.1 Å². The van der Waals surface area contributed by atoms with Crippen molar-refractivity contribution in [1.82, 2.24) is 4.72 Å². The van der Waals surface area contributed by atoms with E-state index in [2.05, 4.69) is 4.72 Å². The molecular weight excluding hydrogens is 386 g/mol. The van der Waals surface area contributed by atoms with Crippen LogP contribution in [0.2, 0.25) is 10.0 Å². The van der Waals surface area contributed by atoms with Crippen molar-refractivity contribution in [3.05, 3.63) is 63.6 Å². The molecule has 0 fully saturated rings. The summed E-state index contributed by atoms with van der Waals surface area (Å²) in [7, 11) is -4.41. The molecule has 0 aliphatic carbocycles. The summed E-state index contributed by atoms with van der Waals surface area (Å²) in [5.74, 6) is 0. The van der Waals surface area contributed by atoms with Gasteiger partial charge in [-0.1, -0.05) is 41.4 Å². The van der Waals surface area contributed by atoms with E-state index in [0.717, 1.165) is 12.1 Å². The summed E-state index contributed by atoms with van der Waals surface area (Å²) in [6, 6.07) is 7.57. The molecule has 0 aliphatic heterocycles. The molecule has 0 radical (unpaired) electrons. The number of alkyl halides is 3. The summed E-state index contributed by atoms with van der Waals surface area (Å²) in [4.78, 5) is -0.838. The molecule has 130 valence electrons. The third kappa shape index (κ3) is 4.22. The van der Waals surface area contributed by atoms with Crippen LogP contribution in [0.5, 0.6) is 0 Å². The van der Waals surface area contributed by atoms with Gasteiger partial charge in [-0.05, 0) is 36.8 Å². The Labute approximate surface area is 147 Å². The maximum atomic E-state index is 13.0. The van der Waals surface area contributed by atoms with Gasteiger partial charge in [0.1, 0.15) is 0 Å². The molecule has 0 saturated heterocycles. The second-order valence-corrected chi connectivity index (χ2v) is 7.53. The van der Waals surface area contributed by atoms with E-state index in [1.807, 2.05) is 0 Å². The summed E-state index contributed by atoms with van der Waals surface area (Å²) in [6.07, 6.45) is -4.79. The highest BCUT2D eigenvalue weighted by Gasteiger charge is 2.37. The lowest BCUT2D eigenvalue weighted by Crippen LogP contribution is -2.29. The fourth-order valence-electron chi connectivity index (χ4n) is 2.15. The summed E-state index contributed by atoms with van der Waals surface area (Å²) < 4.78 is 66.0. The fourth-order valence-corrected chi connectivity index (χ4v) is 4.17. The Morgan fingerprint density at radius 3 is 2.29 bits per heavy atom. The van der Waals surface area contributed by atoms with Crippen LogP contribution in [0.1, 0.15) is 24.1 Å². The van der Waals surface area contributed by atoms with Gasteiger partial charge in [-0.15, -0.1) is 0 Å². The summed E-state index contributed by atoms with van der Waals surface area (Å²) in [6.45, 7) is 1.48. The van der Waals surface area contributed by atoms with E-state index in [-0.39, 0.29) is 5.02 Å². The largest absolute Gasteiger partial charge is 0.417 e. The number of benzene rings is 2. The Hall–Kier alpha value is -1.28. The number of hydrogen-bond donors (Lipinski definition) is 1. The summed E-state index contributed by atoms with van der Waals surface area (Å²) >= 11 is 11.8. The van der Waals surface area contributed by atoms with Crippen molar-refractivity contribution in [2.24, 2.45) is 0 Å². The van der Waals surface area contributed by atoms with E-state index in [0.29, 0.717) is 16.7 Å². The molecule has 0 aliphatic rings. The molecule has 0 bridgehead atoms. The minimum Gasteiger partial charge on any atom is -0.207 e. The molecular formula is C15H12Cl2F3NO2S. The lowest BCUT2D eigenvalue weighted by atomic mass is 10.1. The average Bonchev–Trinajstić information content (AvgIpc) is 2.45. The van der Waals surface area contributed by atoms with E-state index in [9.17, 15) is 21.6 Å². The predicted molar refractivity (Wildman–Crippen MR) is 86.6 cm³/mol. The van der Waals surface area contributed by atoms with Gasteiger partial charge in [-0.2, -0.15) is 13.2 Å². The molecule has 1 atom stereocenters. The van der Waals surface area contributed by atoms with E-state index in [4.69, 9.17) is 23.2 Å². The predicted octanol–water partition coefficient (Wildman–Crippen LogP) is 5.05. The lowest BCUT2D eigenvalue weighted by Gasteiger charge is -2.18. The van der Waals surface area contributed by atoms with Crippen molar-refractivity contribution >= 4 is 33.2 Å². The average molecular weight is 398 g/mol. The molecule has 9 heteroatoms. The molecule has 0 unspecified atom stereocenters. The first-order valence-electron chi connectivity index (χ1n) is 6.66. The quantitative estimate of drug-likeness (QED) is 0.784. The van der Waals surface area contributed by atoms with Gasteiger partial charge < -0.3 is 0 Å². The molecule has 2 rings (SSSR count). The zero-order valence-corrected chi connectivity index (χ0v) is 14.6. The Kier molecular flexibility index (Phi) is 5.49. The zero-order valence-electron chi connectivity index (χ0n) is 12.2. The second-order valence-electron chi connectivity index (χ2n) is 5.00. The normalized spacial score (nSPS) is 13.8. The fraction of sp³-hybridized carbons (Fsp3) is 0.200. The molecule has 24 heavy (non-hydrogen) atoms. The van der Waals surface area contributed by atoms with Gasteiger partial charge in [-0.3, -0.25) is 0 Å². The number of hydrogen-bond acceptors (Lipinski definition) is 2.